The summed E-state index contributed by atoms with van der Waals surface area (Å²) >= 11 is 0. The highest BCUT2D eigenvalue weighted by Gasteiger charge is 2.43. The second-order valence-corrected chi connectivity index (χ2v) is 6.00. The highest BCUT2D eigenvalue weighted by molar-refractivity contribution is 5.79. The first-order valence-electron chi connectivity index (χ1n) is 6.37. The quantitative estimate of drug-likeness (QED) is 0.703. The van der Waals surface area contributed by atoms with Gasteiger partial charge in [-0.15, -0.1) is 0 Å². The van der Waals surface area contributed by atoms with Crippen molar-refractivity contribution >= 4 is 5.97 Å². The smallest absolute Gasteiger partial charge is 0.323 e. The van der Waals surface area contributed by atoms with Gasteiger partial charge in [-0.05, 0) is 37.5 Å². The first kappa shape index (κ1) is 13.5. The minimum Gasteiger partial charge on any atom is -0.480 e. The summed E-state index contributed by atoms with van der Waals surface area (Å²) in [6.45, 7) is 8.36. The highest BCUT2D eigenvalue weighted by Crippen LogP contribution is 2.31. The fourth-order valence-corrected chi connectivity index (χ4v) is 2.45. The molecule has 94 valence electrons. The lowest BCUT2D eigenvalue weighted by Crippen LogP contribution is -2.54. The standard InChI is InChI=1S/C13H25NO2/c1-9(2)7-13(12(15)16,8-10(3)4)14-11-5-6-11/h9-11,14H,5-8H2,1-4H3,(H,15,16). The molecule has 1 saturated carbocycles. The fourth-order valence-electron chi connectivity index (χ4n) is 2.45. The van der Waals surface area contributed by atoms with Crippen molar-refractivity contribution in [3.63, 3.8) is 0 Å². The molecule has 16 heavy (non-hydrogen) atoms. The van der Waals surface area contributed by atoms with Crippen LogP contribution in [0, 0.1) is 11.8 Å². The summed E-state index contributed by atoms with van der Waals surface area (Å²) in [6.07, 6.45) is 3.70. The Kier molecular flexibility index (Phi) is 4.36. The third kappa shape index (κ3) is 3.78. The zero-order chi connectivity index (χ0) is 12.3. The van der Waals surface area contributed by atoms with Crippen molar-refractivity contribution in [3.05, 3.63) is 0 Å². The molecule has 3 nitrogen and oxygen atoms in total. The van der Waals surface area contributed by atoms with Crippen LogP contribution >= 0.6 is 0 Å². The van der Waals surface area contributed by atoms with Gasteiger partial charge in [-0.25, -0.2) is 0 Å². The van der Waals surface area contributed by atoms with Crippen molar-refractivity contribution in [2.45, 2.75) is 65.0 Å². The van der Waals surface area contributed by atoms with E-state index in [0.717, 1.165) is 25.7 Å². The molecule has 0 amide bonds. The van der Waals surface area contributed by atoms with Crippen LogP contribution in [0.1, 0.15) is 53.4 Å². The Hall–Kier alpha value is -0.570. The van der Waals surface area contributed by atoms with E-state index < -0.39 is 11.5 Å². The molecule has 0 radical (unpaired) electrons. The lowest BCUT2D eigenvalue weighted by atomic mass is 9.81. The number of hydrogen-bond donors (Lipinski definition) is 2. The SMILES string of the molecule is CC(C)CC(CC(C)C)(NC1CC1)C(=O)O. The van der Waals surface area contributed by atoms with Crippen LogP contribution in [-0.4, -0.2) is 22.7 Å². The van der Waals surface area contributed by atoms with Crippen LogP contribution in [0.25, 0.3) is 0 Å². The van der Waals surface area contributed by atoms with Crippen LogP contribution in [-0.2, 0) is 4.79 Å². The van der Waals surface area contributed by atoms with Gasteiger partial charge < -0.3 is 5.11 Å². The minimum atomic E-state index is -0.705. The van der Waals surface area contributed by atoms with E-state index in [-0.39, 0.29) is 0 Å². The van der Waals surface area contributed by atoms with Crippen LogP contribution in [0.15, 0.2) is 0 Å². The van der Waals surface area contributed by atoms with Gasteiger partial charge in [0.1, 0.15) is 5.54 Å². The van der Waals surface area contributed by atoms with E-state index in [1.165, 1.54) is 0 Å². The van der Waals surface area contributed by atoms with Crippen molar-refractivity contribution < 1.29 is 9.90 Å². The average molecular weight is 227 g/mol. The van der Waals surface area contributed by atoms with Crippen LogP contribution in [0.4, 0.5) is 0 Å². The zero-order valence-electron chi connectivity index (χ0n) is 10.9. The van der Waals surface area contributed by atoms with E-state index in [9.17, 15) is 9.90 Å². The molecular weight excluding hydrogens is 202 g/mol. The lowest BCUT2D eigenvalue weighted by molar-refractivity contribution is -0.146. The van der Waals surface area contributed by atoms with E-state index in [0.29, 0.717) is 17.9 Å². The summed E-state index contributed by atoms with van der Waals surface area (Å²) in [5, 5.41) is 12.9. The molecule has 0 aromatic heterocycles. The number of carboxylic acids is 1. The first-order valence-corrected chi connectivity index (χ1v) is 6.37. The number of carbonyl (C=O) groups is 1. The molecule has 1 fully saturated rings. The molecule has 1 rings (SSSR count). The molecule has 1 aliphatic rings. The van der Waals surface area contributed by atoms with Gasteiger partial charge in [0, 0.05) is 6.04 Å². The number of aliphatic carboxylic acids is 1. The average Bonchev–Trinajstić information content (AvgIpc) is 2.84. The third-order valence-electron chi connectivity index (χ3n) is 2.98. The van der Waals surface area contributed by atoms with Crippen LogP contribution in [0.3, 0.4) is 0 Å². The largest absolute Gasteiger partial charge is 0.480 e. The van der Waals surface area contributed by atoms with Gasteiger partial charge in [0.05, 0.1) is 0 Å². The Bertz CT molecular complexity index is 226. The van der Waals surface area contributed by atoms with Crippen molar-refractivity contribution in [1.29, 1.82) is 0 Å². The molecule has 0 saturated heterocycles. The van der Waals surface area contributed by atoms with E-state index >= 15 is 0 Å². The molecule has 0 aliphatic heterocycles. The molecule has 0 heterocycles. The van der Waals surface area contributed by atoms with Gasteiger partial charge >= 0.3 is 5.97 Å². The minimum absolute atomic E-state index is 0.404. The van der Waals surface area contributed by atoms with E-state index in [1.807, 2.05) is 0 Å². The van der Waals surface area contributed by atoms with Crippen molar-refractivity contribution in [2.24, 2.45) is 11.8 Å². The third-order valence-corrected chi connectivity index (χ3v) is 2.98. The maximum Gasteiger partial charge on any atom is 0.323 e. The summed E-state index contributed by atoms with van der Waals surface area (Å²) in [7, 11) is 0. The lowest BCUT2D eigenvalue weighted by Gasteiger charge is -2.34. The van der Waals surface area contributed by atoms with Crippen molar-refractivity contribution in [2.75, 3.05) is 0 Å². The monoisotopic (exact) mass is 227 g/mol. The Labute approximate surface area is 98.6 Å². The summed E-state index contributed by atoms with van der Waals surface area (Å²) in [6, 6.07) is 0.439. The Morgan fingerprint density at radius 2 is 1.69 bits per heavy atom. The van der Waals surface area contributed by atoms with Gasteiger partial charge in [-0.1, -0.05) is 27.7 Å². The van der Waals surface area contributed by atoms with Gasteiger partial charge in [-0.3, -0.25) is 10.1 Å². The van der Waals surface area contributed by atoms with Gasteiger partial charge in [-0.2, -0.15) is 0 Å². The number of nitrogens with one attached hydrogen (secondary N) is 1. The molecule has 2 N–H and O–H groups in total. The maximum absolute atomic E-state index is 11.6. The molecule has 3 heteroatoms. The first-order chi connectivity index (χ1) is 7.35. The van der Waals surface area contributed by atoms with Crippen molar-refractivity contribution in [1.82, 2.24) is 5.32 Å². The second-order valence-electron chi connectivity index (χ2n) is 6.00. The molecule has 0 bridgehead atoms. The molecular formula is C13H25NO2. The maximum atomic E-state index is 11.6. The van der Waals surface area contributed by atoms with Gasteiger partial charge in [0.25, 0.3) is 0 Å². The summed E-state index contributed by atoms with van der Waals surface area (Å²) in [5.41, 5.74) is -0.705. The van der Waals surface area contributed by atoms with Crippen LogP contribution in [0.5, 0.6) is 0 Å². The number of rotatable bonds is 7. The predicted molar refractivity (Wildman–Crippen MR) is 65.4 cm³/mol. The molecule has 0 spiro atoms. The summed E-state index contributed by atoms with van der Waals surface area (Å²) in [5.74, 6) is 0.129. The number of carboxylic acid groups (broad SMARTS) is 1. The topological polar surface area (TPSA) is 49.3 Å². The molecule has 0 unspecified atom stereocenters. The molecule has 1 aliphatic carbocycles. The van der Waals surface area contributed by atoms with Crippen LogP contribution in [0.2, 0.25) is 0 Å². The fraction of sp³-hybridized carbons (Fsp3) is 0.923. The number of hydrogen-bond acceptors (Lipinski definition) is 2. The van der Waals surface area contributed by atoms with Crippen LogP contribution < -0.4 is 5.32 Å². The summed E-state index contributed by atoms with van der Waals surface area (Å²) < 4.78 is 0. The predicted octanol–water partition coefficient (Wildman–Crippen LogP) is 2.65. The van der Waals surface area contributed by atoms with Gasteiger partial charge in [0.2, 0.25) is 0 Å². The van der Waals surface area contributed by atoms with Gasteiger partial charge in [0.15, 0.2) is 0 Å². The Morgan fingerprint density at radius 1 is 1.25 bits per heavy atom. The molecule has 0 atom stereocenters. The van der Waals surface area contributed by atoms with E-state index in [4.69, 9.17) is 0 Å². The normalized spacial score (nSPS) is 17.1. The Morgan fingerprint density at radius 3 is 1.94 bits per heavy atom. The highest BCUT2D eigenvalue weighted by atomic mass is 16.4. The Balaban J connectivity index is 2.78. The molecule has 0 aromatic carbocycles. The zero-order valence-corrected chi connectivity index (χ0v) is 10.9. The molecule has 0 aromatic rings. The van der Waals surface area contributed by atoms with Crippen molar-refractivity contribution in [3.8, 4) is 0 Å². The van der Waals surface area contributed by atoms with E-state index in [1.54, 1.807) is 0 Å². The second kappa shape index (κ2) is 5.17. The summed E-state index contributed by atoms with van der Waals surface area (Å²) in [4.78, 5) is 11.6. The van der Waals surface area contributed by atoms with E-state index in [2.05, 4.69) is 33.0 Å².